The third kappa shape index (κ3) is 3.14. The summed E-state index contributed by atoms with van der Waals surface area (Å²) in [5.41, 5.74) is 8.50. The summed E-state index contributed by atoms with van der Waals surface area (Å²) in [4.78, 5) is 8.07. The minimum Gasteiger partial charge on any atom is -0.327 e. The molecule has 2 N–H and O–H groups in total. The first-order valence-electron chi connectivity index (χ1n) is 5.38. The van der Waals surface area contributed by atoms with E-state index in [2.05, 4.69) is 16.0 Å². The number of pyridine rings is 2. The predicted octanol–water partition coefficient (Wildman–Crippen LogP) is 1.59. The molecule has 1 unspecified atom stereocenters. The van der Waals surface area contributed by atoms with Crippen LogP contribution in [0, 0.1) is 0 Å². The van der Waals surface area contributed by atoms with Gasteiger partial charge in [-0.05, 0) is 42.2 Å². The van der Waals surface area contributed by atoms with Crippen LogP contribution in [0.1, 0.15) is 11.1 Å². The highest BCUT2D eigenvalue weighted by molar-refractivity contribution is 5.14. The Balaban J connectivity index is 1.92. The maximum atomic E-state index is 6.09. The standard InChI is InChI=1S/C13H15N3/c14-13(8-11-3-6-15-7-4-11)9-12-2-1-5-16-10-12/h1-7,10,13H,8-9,14H2. The molecule has 2 aromatic rings. The lowest BCUT2D eigenvalue weighted by molar-refractivity contribution is 0.663. The Labute approximate surface area is 95.4 Å². The van der Waals surface area contributed by atoms with E-state index in [9.17, 15) is 0 Å². The van der Waals surface area contributed by atoms with Crippen LogP contribution in [0.4, 0.5) is 0 Å². The quantitative estimate of drug-likeness (QED) is 0.839. The molecular weight excluding hydrogens is 198 g/mol. The van der Waals surface area contributed by atoms with Crippen molar-refractivity contribution in [2.24, 2.45) is 5.73 Å². The molecule has 0 saturated carbocycles. The van der Waals surface area contributed by atoms with Gasteiger partial charge in [0, 0.05) is 30.8 Å². The van der Waals surface area contributed by atoms with Crippen LogP contribution in [-0.4, -0.2) is 16.0 Å². The zero-order valence-electron chi connectivity index (χ0n) is 9.08. The molecule has 0 aliphatic heterocycles. The van der Waals surface area contributed by atoms with Gasteiger partial charge in [-0.25, -0.2) is 0 Å². The molecule has 3 heteroatoms. The summed E-state index contributed by atoms with van der Waals surface area (Å²) in [7, 11) is 0. The van der Waals surface area contributed by atoms with Gasteiger partial charge in [-0.15, -0.1) is 0 Å². The molecule has 0 fully saturated rings. The van der Waals surface area contributed by atoms with Crippen molar-refractivity contribution in [3.8, 4) is 0 Å². The van der Waals surface area contributed by atoms with Crippen molar-refractivity contribution < 1.29 is 0 Å². The van der Waals surface area contributed by atoms with Crippen molar-refractivity contribution in [3.05, 3.63) is 60.2 Å². The molecular formula is C13H15N3. The van der Waals surface area contributed by atoms with Crippen molar-refractivity contribution in [2.45, 2.75) is 18.9 Å². The van der Waals surface area contributed by atoms with E-state index in [1.54, 1.807) is 18.6 Å². The summed E-state index contributed by atoms with van der Waals surface area (Å²) in [6, 6.07) is 8.13. The van der Waals surface area contributed by atoms with Gasteiger partial charge in [0.2, 0.25) is 0 Å². The van der Waals surface area contributed by atoms with Crippen LogP contribution in [0.2, 0.25) is 0 Å². The highest BCUT2D eigenvalue weighted by Gasteiger charge is 2.05. The van der Waals surface area contributed by atoms with Crippen molar-refractivity contribution >= 4 is 0 Å². The average Bonchev–Trinajstić information content (AvgIpc) is 2.31. The Kier molecular flexibility index (Phi) is 3.62. The number of hydrogen-bond acceptors (Lipinski definition) is 3. The summed E-state index contributed by atoms with van der Waals surface area (Å²) in [6.07, 6.45) is 8.97. The second-order valence-electron chi connectivity index (χ2n) is 3.89. The lowest BCUT2D eigenvalue weighted by atomic mass is 10.0. The number of rotatable bonds is 4. The summed E-state index contributed by atoms with van der Waals surface area (Å²) in [5, 5.41) is 0. The zero-order valence-corrected chi connectivity index (χ0v) is 9.08. The van der Waals surface area contributed by atoms with Crippen LogP contribution in [0.5, 0.6) is 0 Å². The fraction of sp³-hybridized carbons (Fsp3) is 0.231. The lowest BCUT2D eigenvalue weighted by Crippen LogP contribution is -2.25. The third-order valence-electron chi connectivity index (χ3n) is 2.47. The highest BCUT2D eigenvalue weighted by Crippen LogP contribution is 2.05. The van der Waals surface area contributed by atoms with Crippen LogP contribution >= 0.6 is 0 Å². The van der Waals surface area contributed by atoms with Gasteiger partial charge in [0.1, 0.15) is 0 Å². The molecule has 2 rings (SSSR count). The molecule has 16 heavy (non-hydrogen) atoms. The van der Waals surface area contributed by atoms with E-state index >= 15 is 0 Å². The second kappa shape index (κ2) is 5.37. The first-order valence-corrected chi connectivity index (χ1v) is 5.38. The van der Waals surface area contributed by atoms with E-state index < -0.39 is 0 Å². The smallest absolute Gasteiger partial charge is 0.0300 e. The van der Waals surface area contributed by atoms with E-state index in [1.807, 2.05) is 24.4 Å². The van der Waals surface area contributed by atoms with Gasteiger partial charge in [0.05, 0.1) is 0 Å². The fourth-order valence-electron chi connectivity index (χ4n) is 1.72. The molecule has 82 valence electrons. The Morgan fingerprint density at radius 1 is 0.938 bits per heavy atom. The molecule has 0 spiro atoms. The summed E-state index contributed by atoms with van der Waals surface area (Å²) in [6.45, 7) is 0. The van der Waals surface area contributed by atoms with E-state index in [0.717, 1.165) is 12.8 Å². The number of aromatic nitrogens is 2. The molecule has 2 heterocycles. The third-order valence-corrected chi connectivity index (χ3v) is 2.47. The molecule has 0 saturated heterocycles. The molecule has 0 aromatic carbocycles. The van der Waals surface area contributed by atoms with E-state index in [1.165, 1.54) is 11.1 Å². The molecule has 2 aromatic heterocycles. The minimum absolute atomic E-state index is 0.131. The van der Waals surface area contributed by atoms with Crippen LogP contribution in [0.25, 0.3) is 0 Å². The molecule has 0 amide bonds. The Hall–Kier alpha value is -1.74. The van der Waals surface area contributed by atoms with Gasteiger partial charge in [0.15, 0.2) is 0 Å². The van der Waals surface area contributed by atoms with E-state index in [-0.39, 0.29) is 6.04 Å². The van der Waals surface area contributed by atoms with Crippen LogP contribution in [0.3, 0.4) is 0 Å². The summed E-state index contributed by atoms with van der Waals surface area (Å²) >= 11 is 0. The Morgan fingerprint density at radius 2 is 1.69 bits per heavy atom. The fourth-order valence-corrected chi connectivity index (χ4v) is 1.72. The Morgan fingerprint density at radius 3 is 2.38 bits per heavy atom. The largest absolute Gasteiger partial charge is 0.327 e. The van der Waals surface area contributed by atoms with Crippen LogP contribution in [-0.2, 0) is 12.8 Å². The van der Waals surface area contributed by atoms with Gasteiger partial charge in [-0.3, -0.25) is 9.97 Å². The SMILES string of the molecule is NC(Cc1ccncc1)Cc1cccnc1. The summed E-state index contributed by atoms with van der Waals surface area (Å²) < 4.78 is 0. The summed E-state index contributed by atoms with van der Waals surface area (Å²) in [5.74, 6) is 0. The first kappa shape index (κ1) is 10.8. The van der Waals surface area contributed by atoms with Gasteiger partial charge in [-0.2, -0.15) is 0 Å². The zero-order chi connectivity index (χ0) is 11.2. The molecule has 0 bridgehead atoms. The number of nitrogens with two attached hydrogens (primary N) is 1. The number of nitrogens with zero attached hydrogens (tertiary/aromatic N) is 2. The molecule has 0 aliphatic rings. The molecule has 0 radical (unpaired) electrons. The predicted molar refractivity (Wildman–Crippen MR) is 63.9 cm³/mol. The molecule has 0 aliphatic carbocycles. The maximum absolute atomic E-state index is 6.09. The first-order chi connectivity index (χ1) is 7.84. The molecule has 3 nitrogen and oxygen atoms in total. The van der Waals surface area contributed by atoms with Crippen molar-refractivity contribution in [3.63, 3.8) is 0 Å². The van der Waals surface area contributed by atoms with Gasteiger partial charge in [0.25, 0.3) is 0 Å². The lowest BCUT2D eigenvalue weighted by Gasteiger charge is -2.11. The monoisotopic (exact) mass is 213 g/mol. The normalized spacial score (nSPS) is 12.3. The van der Waals surface area contributed by atoms with Crippen molar-refractivity contribution in [1.29, 1.82) is 0 Å². The molecule has 1 atom stereocenters. The van der Waals surface area contributed by atoms with Crippen molar-refractivity contribution in [1.82, 2.24) is 9.97 Å². The average molecular weight is 213 g/mol. The number of hydrogen-bond donors (Lipinski definition) is 1. The van der Waals surface area contributed by atoms with Gasteiger partial charge >= 0.3 is 0 Å². The highest BCUT2D eigenvalue weighted by atomic mass is 14.6. The Bertz CT molecular complexity index is 372. The van der Waals surface area contributed by atoms with Crippen LogP contribution < -0.4 is 5.73 Å². The van der Waals surface area contributed by atoms with E-state index in [4.69, 9.17) is 5.73 Å². The van der Waals surface area contributed by atoms with Crippen molar-refractivity contribution in [2.75, 3.05) is 0 Å². The second-order valence-corrected chi connectivity index (χ2v) is 3.89. The van der Waals surface area contributed by atoms with E-state index in [0.29, 0.717) is 0 Å². The topological polar surface area (TPSA) is 51.8 Å². The van der Waals surface area contributed by atoms with Crippen LogP contribution in [0.15, 0.2) is 49.1 Å². The van der Waals surface area contributed by atoms with Gasteiger partial charge in [-0.1, -0.05) is 6.07 Å². The maximum Gasteiger partial charge on any atom is 0.0300 e. The minimum atomic E-state index is 0.131. The van der Waals surface area contributed by atoms with Gasteiger partial charge < -0.3 is 5.73 Å².